The molecule has 0 aliphatic carbocycles. The third-order valence-electron chi connectivity index (χ3n) is 2.37. The predicted octanol–water partition coefficient (Wildman–Crippen LogP) is 1.43. The molecule has 0 saturated heterocycles. The molecule has 1 aromatic carbocycles. The van der Waals surface area contributed by atoms with Crippen LogP contribution in [0.3, 0.4) is 0 Å². The first-order valence-corrected chi connectivity index (χ1v) is 5.18. The van der Waals surface area contributed by atoms with Gasteiger partial charge in [0.15, 0.2) is 0 Å². The summed E-state index contributed by atoms with van der Waals surface area (Å²) in [7, 11) is 3.69. The molecule has 2 rings (SSSR count). The highest BCUT2D eigenvalue weighted by Gasteiger charge is 2.09. The van der Waals surface area contributed by atoms with Gasteiger partial charge < -0.3 is 14.8 Å². The summed E-state index contributed by atoms with van der Waals surface area (Å²) in [5, 5.41) is 12.0. The summed E-state index contributed by atoms with van der Waals surface area (Å²) in [5.41, 5.74) is 1.04. The van der Waals surface area contributed by atoms with Crippen LogP contribution in [0.4, 0.5) is 0 Å². The zero-order chi connectivity index (χ0) is 12.4. The van der Waals surface area contributed by atoms with Crippen LogP contribution in [0.25, 0.3) is 17.1 Å². The molecule has 0 bridgehead atoms. The fourth-order valence-electron chi connectivity index (χ4n) is 1.54. The van der Waals surface area contributed by atoms with Gasteiger partial charge in [0.25, 0.3) is 11.7 Å². The maximum Gasteiger partial charge on any atom is 0.286 e. The number of nitrogens with zero attached hydrogens (tertiary/aromatic N) is 3. The molecule has 0 aliphatic rings. The van der Waals surface area contributed by atoms with Crippen molar-refractivity contribution >= 4 is 17.1 Å². The zero-order valence-electron chi connectivity index (χ0n) is 9.70. The second kappa shape index (κ2) is 4.29. The maximum atomic E-state index is 12.0. The highest BCUT2D eigenvalue weighted by molar-refractivity contribution is 5.73. The van der Waals surface area contributed by atoms with Crippen LogP contribution in [0.2, 0.25) is 0 Å². The van der Waals surface area contributed by atoms with Crippen LogP contribution in [0.5, 0.6) is 0 Å². The summed E-state index contributed by atoms with van der Waals surface area (Å²) in [6, 6.07) is 6.71. The van der Waals surface area contributed by atoms with Crippen LogP contribution in [0.1, 0.15) is 5.69 Å². The van der Waals surface area contributed by atoms with Crippen molar-refractivity contribution in [3.05, 3.63) is 52.5 Å². The number of benzene rings is 1. The Labute approximate surface area is 98.4 Å². The van der Waals surface area contributed by atoms with Crippen LogP contribution in [-0.4, -0.2) is 23.7 Å². The first-order chi connectivity index (χ1) is 8.09. The largest absolute Gasteiger partial charge is 0.805 e. The number of para-hydroxylation sites is 2. The quantitative estimate of drug-likeness (QED) is 0.735. The van der Waals surface area contributed by atoms with Crippen molar-refractivity contribution in [1.82, 2.24) is 9.63 Å². The van der Waals surface area contributed by atoms with Crippen LogP contribution in [-0.2, 0) is 0 Å². The minimum atomic E-state index is 0.312. The number of rotatable bonds is 2. The lowest BCUT2D eigenvalue weighted by atomic mass is 10.3. The lowest BCUT2D eigenvalue weighted by Gasteiger charge is -2.14. The lowest BCUT2D eigenvalue weighted by molar-refractivity contribution is -0.464. The second-order valence-corrected chi connectivity index (χ2v) is 3.94. The van der Waals surface area contributed by atoms with E-state index in [0.717, 1.165) is 4.73 Å². The number of hydrogen-bond donors (Lipinski definition) is 0. The van der Waals surface area contributed by atoms with Gasteiger partial charge in [0, 0.05) is 31.3 Å². The fraction of sp³-hybridized carbons (Fsp3) is 0.167. The van der Waals surface area contributed by atoms with Crippen molar-refractivity contribution in [2.75, 3.05) is 14.1 Å². The normalized spacial score (nSPS) is 11.2. The van der Waals surface area contributed by atoms with E-state index in [1.165, 1.54) is 6.20 Å². The third kappa shape index (κ3) is 2.13. The molecule has 0 atom stereocenters. The van der Waals surface area contributed by atoms with Gasteiger partial charge in [-0.25, -0.2) is 0 Å². The molecule has 0 N–H and O–H groups in total. The van der Waals surface area contributed by atoms with Gasteiger partial charge in [-0.05, 0) is 12.1 Å². The number of hydrogen-bond acceptors (Lipinski definition) is 3. The van der Waals surface area contributed by atoms with Crippen molar-refractivity contribution in [2.45, 2.75) is 0 Å². The molecule has 0 aliphatic heterocycles. The molecule has 5 heteroatoms. The van der Waals surface area contributed by atoms with E-state index in [1.807, 2.05) is 14.1 Å². The molecule has 1 heterocycles. The van der Waals surface area contributed by atoms with Gasteiger partial charge in [0.05, 0.1) is 4.43 Å². The Kier molecular flexibility index (Phi) is 2.82. The summed E-state index contributed by atoms with van der Waals surface area (Å²) < 4.78 is 1.46. The van der Waals surface area contributed by atoms with E-state index in [0.29, 0.717) is 21.2 Å². The summed E-state index contributed by atoms with van der Waals surface area (Å²) in [5.74, 6) is 0. The molecule has 5 nitrogen and oxygen atoms in total. The van der Waals surface area contributed by atoms with Gasteiger partial charge >= 0.3 is 0 Å². The Morgan fingerprint density at radius 1 is 1.35 bits per heavy atom. The molecule has 2 aromatic rings. The molecule has 0 saturated carbocycles. The van der Waals surface area contributed by atoms with Gasteiger partial charge in [-0.1, -0.05) is 12.1 Å². The maximum absolute atomic E-state index is 12.0. The summed E-state index contributed by atoms with van der Waals surface area (Å²) in [6.07, 6.45) is 4.60. The standard InChI is InChI=1S/C12H13N3O2/c1-13(2)8-7-10-9-14(16)11-5-3-4-6-12(11)15(10)17/h3-9H,1-2H3. The SMILES string of the molecule is CN(C)C=Cc1c[n+](=O)c2ccccc2n1[O-]. The van der Waals surface area contributed by atoms with E-state index in [-0.39, 0.29) is 0 Å². The topological polar surface area (TPSA) is 54.2 Å². The molecular weight excluding hydrogens is 218 g/mol. The second-order valence-electron chi connectivity index (χ2n) is 3.94. The molecule has 0 radical (unpaired) electrons. The lowest BCUT2D eigenvalue weighted by Crippen LogP contribution is -2.18. The minimum Gasteiger partial charge on any atom is -0.805 e. The first-order valence-electron chi connectivity index (χ1n) is 5.18. The Bertz CT molecular complexity index is 629. The van der Waals surface area contributed by atoms with Gasteiger partial charge in [-0.3, -0.25) is 0 Å². The van der Waals surface area contributed by atoms with Gasteiger partial charge in [-0.15, -0.1) is 0 Å². The van der Waals surface area contributed by atoms with Crippen molar-refractivity contribution < 1.29 is 4.43 Å². The molecule has 88 valence electrons. The average Bonchev–Trinajstić information content (AvgIpc) is 2.32. The monoisotopic (exact) mass is 231 g/mol. The smallest absolute Gasteiger partial charge is 0.286 e. The van der Waals surface area contributed by atoms with Gasteiger partial charge in [0.1, 0.15) is 11.2 Å². The summed E-state index contributed by atoms with van der Waals surface area (Å²) in [4.78, 5) is 13.5. The van der Waals surface area contributed by atoms with Crippen molar-refractivity contribution in [1.29, 1.82) is 0 Å². The average molecular weight is 231 g/mol. The predicted molar refractivity (Wildman–Crippen MR) is 66.8 cm³/mol. The molecular formula is C12H13N3O2. The summed E-state index contributed by atoms with van der Waals surface area (Å²) >= 11 is 0. The van der Waals surface area contributed by atoms with E-state index in [9.17, 15) is 10.1 Å². The van der Waals surface area contributed by atoms with Crippen LogP contribution < -0.4 is 4.43 Å². The Hall–Kier alpha value is -2.30. The third-order valence-corrected chi connectivity index (χ3v) is 2.37. The highest BCUT2D eigenvalue weighted by Crippen LogP contribution is 2.11. The molecule has 0 amide bonds. The van der Waals surface area contributed by atoms with Gasteiger partial charge in [-0.2, -0.15) is 0 Å². The molecule has 0 unspecified atom stereocenters. The summed E-state index contributed by atoms with van der Waals surface area (Å²) in [6.45, 7) is 0. The van der Waals surface area contributed by atoms with E-state index in [2.05, 4.69) is 0 Å². The van der Waals surface area contributed by atoms with E-state index < -0.39 is 0 Å². The van der Waals surface area contributed by atoms with Crippen LogP contribution >= 0.6 is 0 Å². The molecule has 0 fully saturated rings. The number of aromatic nitrogens is 2. The molecule has 17 heavy (non-hydrogen) atoms. The van der Waals surface area contributed by atoms with E-state index >= 15 is 0 Å². The van der Waals surface area contributed by atoms with Gasteiger partial charge in [0.2, 0.25) is 0 Å². The van der Waals surface area contributed by atoms with E-state index in [1.54, 1.807) is 41.4 Å². The Balaban J connectivity index is 2.67. The Morgan fingerprint density at radius 3 is 2.76 bits per heavy atom. The first kappa shape index (κ1) is 11.2. The molecule has 0 spiro atoms. The van der Waals surface area contributed by atoms with Crippen molar-refractivity contribution in [2.24, 2.45) is 0 Å². The van der Waals surface area contributed by atoms with Crippen LogP contribution in [0, 0.1) is 10.1 Å². The van der Waals surface area contributed by atoms with E-state index in [4.69, 9.17) is 0 Å². The fourth-order valence-corrected chi connectivity index (χ4v) is 1.54. The minimum absolute atomic E-state index is 0.312. The van der Waals surface area contributed by atoms with Crippen LogP contribution in [0.15, 0.2) is 36.7 Å². The van der Waals surface area contributed by atoms with Crippen molar-refractivity contribution in [3.63, 3.8) is 0 Å². The van der Waals surface area contributed by atoms with Crippen molar-refractivity contribution in [3.8, 4) is 0 Å². The highest BCUT2D eigenvalue weighted by atomic mass is 16.5. The zero-order valence-corrected chi connectivity index (χ0v) is 9.70. The Morgan fingerprint density at radius 2 is 2.06 bits per heavy atom. The number of fused-ring (bicyclic) bond motifs is 1. The molecule has 1 aromatic heterocycles.